The van der Waals surface area contributed by atoms with Crippen molar-refractivity contribution in [1.29, 1.82) is 0 Å². The first kappa shape index (κ1) is 19.6. The predicted molar refractivity (Wildman–Crippen MR) is 121 cm³/mol. The smallest absolute Gasteiger partial charge is 0.249 e. The SMILES string of the molecule is O=C(CN1C(=O)CN=C(c2ccc(F)cc2)c2c1sc1c2CCC1)Nc1ccccc1. The lowest BCUT2D eigenvalue weighted by molar-refractivity contribution is -0.120. The molecule has 1 aliphatic heterocycles. The molecule has 5 nitrogen and oxygen atoms in total. The van der Waals surface area contributed by atoms with Crippen molar-refractivity contribution in [3.8, 4) is 0 Å². The second kappa shape index (κ2) is 8.07. The van der Waals surface area contributed by atoms with Crippen LogP contribution >= 0.6 is 11.3 Å². The average molecular weight is 434 g/mol. The Bertz CT molecular complexity index is 1190. The van der Waals surface area contributed by atoms with E-state index in [1.807, 2.05) is 30.3 Å². The summed E-state index contributed by atoms with van der Waals surface area (Å²) in [5.41, 5.74) is 4.29. The van der Waals surface area contributed by atoms with Gasteiger partial charge in [-0.25, -0.2) is 4.39 Å². The molecule has 5 rings (SSSR count). The number of aryl methyl sites for hydroxylation is 1. The molecule has 2 aliphatic rings. The van der Waals surface area contributed by atoms with Crippen LogP contribution in [0.25, 0.3) is 0 Å². The number of benzene rings is 2. The number of halogens is 1. The lowest BCUT2D eigenvalue weighted by Gasteiger charge is -2.20. The molecular formula is C24H20FN3O2S. The van der Waals surface area contributed by atoms with Gasteiger partial charge in [-0.15, -0.1) is 11.3 Å². The van der Waals surface area contributed by atoms with E-state index in [1.54, 1.807) is 28.4 Å². The Labute approximate surface area is 183 Å². The molecule has 0 spiro atoms. The van der Waals surface area contributed by atoms with Gasteiger partial charge in [0.1, 0.15) is 23.9 Å². The third kappa shape index (κ3) is 3.77. The van der Waals surface area contributed by atoms with Crippen LogP contribution in [0.5, 0.6) is 0 Å². The van der Waals surface area contributed by atoms with Gasteiger partial charge in [0.25, 0.3) is 0 Å². The molecule has 156 valence electrons. The van der Waals surface area contributed by atoms with Crippen LogP contribution in [0.3, 0.4) is 0 Å². The van der Waals surface area contributed by atoms with Gasteiger partial charge in [0, 0.05) is 21.7 Å². The molecule has 0 saturated carbocycles. The number of para-hydroxylation sites is 1. The lowest BCUT2D eigenvalue weighted by Crippen LogP contribution is -2.38. The standard InChI is InChI=1S/C24H20FN3O2S/c25-16-11-9-15(10-12-16)23-22-18-7-4-8-19(18)31-24(22)28(21(30)13-26-23)14-20(29)27-17-5-2-1-3-6-17/h1-3,5-6,9-12H,4,7-8,13-14H2,(H,27,29). The van der Waals surface area contributed by atoms with Crippen molar-refractivity contribution >= 4 is 39.6 Å². The molecule has 2 amide bonds. The van der Waals surface area contributed by atoms with E-state index in [9.17, 15) is 14.0 Å². The molecule has 7 heteroatoms. The molecule has 31 heavy (non-hydrogen) atoms. The van der Waals surface area contributed by atoms with Gasteiger partial charge in [0.2, 0.25) is 11.8 Å². The summed E-state index contributed by atoms with van der Waals surface area (Å²) < 4.78 is 13.5. The number of fused-ring (bicyclic) bond motifs is 3. The minimum atomic E-state index is -0.316. The number of nitrogens with zero attached hydrogens (tertiary/aromatic N) is 2. The number of carbonyl (C=O) groups excluding carboxylic acids is 2. The highest BCUT2D eigenvalue weighted by molar-refractivity contribution is 7.17. The summed E-state index contributed by atoms with van der Waals surface area (Å²) in [6.07, 6.45) is 2.94. The number of amides is 2. The normalized spacial score (nSPS) is 15.2. The fraction of sp³-hybridized carbons (Fsp3) is 0.208. The van der Waals surface area contributed by atoms with Gasteiger partial charge >= 0.3 is 0 Å². The summed E-state index contributed by atoms with van der Waals surface area (Å²) in [5, 5.41) is 3.61. The minimum Gasteiger partial charge on any atom is -0.325 e. The summed E-state index contributed by atoms with van der Waals surface area (Å²) in [5.74, 6) is -0.796. The van der Waals surface area contributed by atoms with Crippen LogP contribution in [0.1, 0.15) is 28.0 Å². The summed E-state index contributed by atoms with van der Waals surface area (Å²) >= 11 is 1.57. The van der Waals surface area contributed by atoms with E-state index in [1.165, 1.54) is 22.6 Å². The lowest BCUT2D eigenvalue weighted by atomic mass is 9.99. The van der Waals surface area contributed by atoms with Gasteiger partial charge < -0.3 is 5.32 Å². The summed E-state index contributed by atoms with van der Waals surface area (Å²) in [6, 6.07) is 15.4. The molecule has 0 atom stereocenters. The van der Waals surface area contributed by atoms with E-state index in [-0.39, 0.29) is 30.7 Å². The van der Waals surface area contributed by atoms with Gasteiger partial charge in [0.05, 0.1) is 5.71 Å². The van der Waals surface area contributed by atoms with Crippen molar-refractivity contribution < 1.29 is 14.0 Å². The Morgan fingerprint density at radius 1 is 1.10 bits per heavy atom. The molecule has 1 N–H and O–H groups in total. The fourth-order valence-corrected chi connectivity index (χ4v) is 5.52. The Morgan fingerprint density at radius 2 is 1.87 bits per heavy atom. The largest absolute Gasteiger partial charge is 0.325 e. The Morgan fingerprint density at radius 3 is 2.65 bits per heavy atom. The first-order valence-electron chi connectivity index (χ1n) is 10.2. The number of hydrogen-bond donors (Lipinski definition) is 1. The van der Waals surface area contributed by atoms with Crippen LogP contribution in [-0.4, -0.2) is 30.6 Å². The van der Waals surface area contributed by atoms with Crippen molar-refractivity contribution in [2.24, 2.45) is 4.99 Å². The summed E-state index contributed by atoms with van der Waals surface area (Å²) in [4.78, 5) is 33.1. The van der Waals surface area contributed by atoms with Gasteiger partial charge in [-0.3, -0.25) is 19.5 Å². The van der Waals surface area contributed by atoms with E-state index >= 15 is 0 Å². The molecule has 2 heterocycles. The van der Waals surface area contributed by atoms with Crippen LogP contribution < -0.4 is 10.2 Å². The highest BCUT2D eigenvalue weighted by atomic mass is 32.1. The number of rotatable bonds is 4. The number of carbonyl (C=O) groups is 2. The van der Waals surface area contributed by atoms with Gasteiger partial charge in [-0.05, 0) is 61.2 Å². The van der Waals surface area contributed by atoms with Crippen molar-refractivity contribution in [3.05, 3.63) is 82.0 Å². The third-order valence-electron chi connectivity index (χ3n) is 5.54. The van der Waals surface area contributed by atoms with E-state index in [2.05, 4.69) is 10.3 Å². The van der Waals surface area contributed by atoms with Gasteiger partial charge in [0.15, 0.2) is 0 Å². The Balaban J connectivity index is 1.52. The maximum atomic E-state index is 13.5. The quantitative estimate of drug-likeness (QED) is 0.670. The number of nitrogens with one attached hydrogen (secondary N) is 1. The second-order valence-electron chi connectivity index (χ2n) is 7.60. The Kier molecular flexibility index (Phi) is 5.11. The van der Waals surface area contributed by atoms with Crippen molar-refractivity contribution in [2.75, 3.05) is 23.3 Å². The fourth-order valence-electron chi connectivity index (χ4n) is 4.12. The first-order chi connectivity index (χ1) is 15.1. The highest BCUT2D eigenvalue weighted by Crippen LogP contribution is 2.43. The number of thiophene rings is 1. The van der Waals surface area contributed by atoms with Crippen LogP contribution in [-0.2, 0) is 22.4 Å². The maximum absolute atomic E-state index is 13.5. The minimum absolute atomic E-state index is 0.0541. The molecular weight excluding hydrogens is 413 g/mol. The monoisotopic (exact) mass is 433 g/mol. The molecule has 1 aliphatic carbocycles. The zero-order chi connectivity index (χ0) is 21.4. The van der Waals surface area contributed by atoms with Crippen LogP contribution in [0.2, 0.25) is 0 Å². The van der Waals surface area contributed by atoms with Crippen molar-refractivity contribution in [3.63, 3.8) is 0 Å². The van der Waals surface area contributed by atoms with E-state index in [0.717, 1.165) is 35.4 Å². The van der Waals surface area contributed by atoms with Crippen LogP contribution in [0, 0.1) is 5.82 Å². The van der Waals surface area contributed by atoms with Crippen LogP contribution in [0.4, 0.5) is 15.1 Å². The highest BCUT2D eigenvalue weighted by Gasteiger charge is 2.33. The molecule has 0 radical (unpaired) electrons. The first-order valence-corrected chi connectivity index (χ1v) is 11.0. The molecule has 0 unspecified atom stereocenters. The Hall–Kier alpha value is -3.32. The number of aliphatic imine (C=N–C) groups is 1. The van der Waals surface area contributed by atoms with E-state index in [0.29, 0.717) is 11.4 Å². The summed E-state index contributed by atoms with van der Waals surface area (Å²) in [7, 11) is 0. The summed E-state index contributed by atoms with van der Waals surface area (Å²) in [6.45, 7) is -0.131. The third-order valence-corrected chi connectivity index (χ3v) is 6.85. The molecule has 1 aromatic heterocycles. The molecule has 3 aromatic rings. The molecule has 2 aromatic carbocycles. The topological polar surface area (TPSA) is 61.8 Å². The zero-order valence-electron chi connectivity index (χ0n) is 16.7. The second-order valence-corrected chi connectivity index (χ2v) is 8.69. The average Bonchev–Trinajstić information content (AvgIpc) is 3.33. The number of anilines is 2. The zero-order valence-corrected chi connectivity index (χ0v) is 17.5. The predicted octanol–water partition coefficient (Wildman–Crippen LogP) is 4.20. The van der Waals surface area contributed by atoms with Crippen molar-refractivity contribution in [2.45, 2.75) is 19.3 Å². The van der Waals surface area contributed by atoms with Crippen LogP contribution in [0.15, 0.2) is 59.6 Å². The van der Waals surface area contributed by atoms with E-state index < -0.39 is 0 Å². The van der Waals surface area contributed by atoms with Crippen molar-refractivity contribution in [1.82, 2.24) is 0 Å². The molecule has 0 fully saturated rings. The number of hydrogen-bond acceptors (Lipinski definition) is 4. The van der Waals surface area contributed by atoms with Gasteiger partial charge in [-0.2, -0.15) is 0 Å². The maximum Gasteiger partial charge on any atom is 0.249 e. The molecule has 0 bridgehead atoms. The van der Waals surface area contributed by atoms with E-state index in [4.69, 9.17) is 0 Å². The molecule has 0 saturated heterocycles. The van der Waals surface area contributed by atoms with Gasteiger partial charge in [-0.1, -0.05) is 18.2 Å².